The number of thiazole rings is 2. The molecule has 1 N–H and O–H groups in total. The third-order valence-electron chi connectivity index (χ3n) is 5.08. The van der Waals surface area contributed by atoms with E-state index in [1.54, 1.807) is 25.6 Å². The lowest BCUT2D eigenvalue weighted by Crippen LogP contribution is -2.14. The van der Waals surface area contributed by atoms with Crippen LogP contribution in [0.15, 0.2) is 65.6 Å². The molecule has 0 saturated heterocycles. The van der Waals surface area contributed by atoms with Crippen LogP contribution in [0.4, 0.5) is 5.69 Å². The van der Waals surface area contributed by atoms with Crippen molar-refractivity contribution in [3.05, 3.63) is 71.3 Å². The maximum absolute atomic E-state index is 12.6. The van der Waals surface area contributed by atoms with Crippen LogP contribution in [0.1, 0.15) is 5.69 Å². The van der Waals surface area contributed by atoms with Gasteiger partial charge in [0.2, 0.25) is 5.91 Å². The van der Waals surface area contributed by atoms with Crippen molar-refractivity contribution in [2.75, 3.05) is 19.5 Å². The Kier molecular flexibility index (Phi) is 5.80. The maximum Gasteiger partial charge on any atom is 0.230 e. The standard InChI is InChI=1S/C24H20N4O3S2/c1-30-20-8-5-16(11-21(20)31-2)23-26-18(14-33-23)12-22(29)25-17-6-3-15(4-7-17)19-13-28-9-10-32-24(28)27-19/h3-11,13-14H,12H2,1-2H3,(H,25,29). The van der Waals surface area contributed by atoms with Gasteiger partial charge in [-0.25, -0.2) is 9.97 Å². The number of nitrogens with zero attached hydrogens (tertiary/aromatic N) is 3. The summed E-state index contributed by atoms with van der Waals surface area (Å²) >= 11 is 3.09. The van der Waals surface area contributed by atoms with Crippen LogP contribution in [0.25, 0.3) is 26.8 Å². The Hall–Kier alpha value is -3.69. The summed E-state index contributed by atoms with van der Waals surface area (Å²) in [6, 6.07) is 13.3. The number of fused-ring (bicyclic) bond motifs is 1. The van der Waals surface area contributed by atoms with Crippen LogP contribution in [0.2, 0.25) is 0 Å². The Morgan fingerprint density at radius 1 is 1.00 bits per heavy atom. The fraction of sp³-hybridized carbons (Fsp3) is 0.125. The average Bonchev–Trinajstić information content (AvgIpc) is 3.56. The number of aromatic nitrogens is 3. The highest BCUT2D eigenvalue weighted by Crippen LogP contribution is 2.33. The number of nitrogens with one attached hydrogen (secondary N) is 1. The largest absolute Gasteiger partial charge is 0.493 e. The van der Waals surface area contributed by atoms with Gasteiger partial charge in [-0.15, -0.1) is 22.7 Å². The lowest BCUT2D eigenvalue weighted by molar-refractivity contribution is -0.115. The highest BCUT2D eigenvalue weighted by atomic mass is 32.1. The molecule has 0 radical (unpaired) electrons. The van der Waals surface area contributed by atoms with Crippen LogP contribution < -0.4 is 14.8 Å². The number of hydrogen-bond acceptors (Lipinski definition) is 7. The lowest BCUT2D eigenvalue weighted by Gasteiger charge is -2.08. The van der Waals surface area contributed by atoms with Crippen LogP contribution in [0.3, 0.4) is 0 Å². The van der Waals surface area contributed by atoms with Gasteiger partial charge in [-0.3, -0.25) is 9.20 Å². The molecule has 1 amide bonds. The molecule has 166 valence electrons. The molecular weight excluding hydrogens is 456 g/mol. The Bertz CT molecular complexity index is 1390. The van der Waals surface area contributed by atoms with E-state index in [1.807, 2.05) is 70.0 Å². The molecule has 0 atom stereocenters. The SMILES string of the molecule is COc1ccc(-c2nc(CC(=O)Nc3ccc(-c4cn5ccsc5n4)cc3)cs2)cc1OC. The van der Waals surface area contributed by atoms with Gasteiger partial charge in [0.25, 0.3) is 0 Å². The average molecular weight is 477 g/mol. The summed E-state index contributed by atoms with van der Waals surface area (Å²) in [6.07, 6.45) is 4.18. The third-order valence-corrected chi connectivity index (χ3v) is 6.79. The minimum absolute atomic E-state index is 0.116. The number of benzene rings is 2. The van der Waals surface area contributed by atoms with Gasteiger partial charge in [0, 0.05) is 40.0 Å². The van der Waals surface area contributed by atoms with Gasteiger partial charge in [0.1, 0.15) is 5.01 Å². The molecule has 0 saturated carbocycles. The predicted molar refractivity (Wildman–Crippen MR) is 131 cm³/mol. The molecule has 2 aromatic carbocycles. The summed E-state index contributed by atoms with van der Waals surface area (Å²) in [7, 11) is 3.20. The first-order valence-electron chi connectivity index (χ1n) is 10.1. The van der Waals surface area contributed by atoms with E-state index >= 15 is 0 Å². The second-order valence-electron chi connectivity index (χ2n) is 7.24. The number of hydrogen-bond donors (Lipinski definition) is 1. The van der Waals surface area contributed by atoms with Gasteiger partial charge < -0.3 is 14.8 Å². The number of carbonyl (C=O) groups excluding carboxylic acids is 1. The van der Waals surface area contributed by atoms with Gasteiger partial charge in [-0.05, 0) is 30.3 Å². The van der Waals surface area contributed by atoms with E-state index in [4.69, 9.17) is 9.47 Å². The minimum atomic E-state index is -0.116. The normalized spacial score (nSPS) is 11.0. The summed E-state index contributed by atoms with van der Waals surface area (Å²) in [4.78, 5) is 22.7. The molecule has 3 heterocycles. The molecule has 9 heteroatoms. The first kappa shape index (κ1) is 21.2. The zero-order valence-electron chi connectivity index (χ0n) is 17.9. The smallest absolute Gasteiger partial charge is 0.230 e. The highest BCUT2D eigenvalue weighted by Gasteiger charge is 2.12. The van der Waals surface area contributed by atoms with E-state index in [9.17, 15) is 4.79 Å². The second kappa shape index (κ2) is 9.05. The second-order valence-corrected chi connectivity index (χ2v) is 8.97. The fourth-order valence-electron chi connectivity index (χ4n) is 3.45. The van der Waals surface area contributed by atoms with E-state index in [1.165, 1.54) is 11.3 Å². The van der Waals surface area contributed by atoms with Crippen LogP contribution >= 0.6 is 22.7 Å². The summed E-state index contributed by atoms with van der Waals surface area (Å²) in [6.45, 7) is 0. The van der Waals surface area contributed by atoms with E-state index in [-0.39, 0.29) is 12.3 Å². The van der Waals surface area contributed by atoms with E-state index in [0.717, 1.165) is 38.2 Å². The van der Waals surface area contributed by atoms with Crippen molar-refractivity contribution in [3.63, 3.8) is 0 Å². The number of carbonyl (C=O) groups is 1. The molecule has 0 fully saturated rings. The lowest BCUT2D eigenvalue weighted by atomic mass is 10.1. The molecule has 0 aliphatic heterocycles. The Balaban J connectivity index is 1.23. The van der Waals surface area contributed by atoms with E-state index in [0.29, 0.717) is 11.5 Å². The molecule has 0 bridgehead atoms. The molecular formula is C24H20N4O3S2. The van der Waals surface area contributed by atoms with Crippen molar-refractivity contribution < 1.29 is 14.3 Å². The summed E-state index contributed by atoms with van der Waals surface area (Å²) in [5.74, 6) is 1.19. The third kappa shape index (κ3) is 4.46. The van der Waals surface area contributed by atoms with Gasteiger partial charge in [0.05, 0.1) is 32.0 Å². The number of amides is 1. The van der Waals surface area contributed by atoms with E-state index in [2.05, 4.69) is 15.3 Å². The monoisotopic (exact) mass is 476 g/mol. The number of rotatable bonds is 7. The van der Waals surface area contributed by atoms with Crippen molar-refractivity contribution in [1.82, 2.24) is 14.4 Å². The minimum Gasteiger partial charge on any atom is -0.493 e. The Morgan fingerprint density at radius 3 is 2.55 bits per heavy atom. The van der Waals surface area contributed by atoms with Gasteiger partial charge in [-0.2, -0.15) is 0 Å². The Labute approximate surface area is 198 Å². The quantitative estimate of drug-likeness (QED) is 0.341. The van der Waals surface area contributed by atoms with E-state index < -0.39 is 0 Å². The van der Waals surface area contributed by atoms with Crippen molar-refractivity contribution in [2.24, 2.45) is 0 Å². The van der Waals surface area contributed by atoms with Gasteiger partial charge in [0.15, 0.2) is 16.5 Å². The molecule has 33 heavy (non-hydrogen) atoms. The first-order chi connectivity index (χ1) is 16.1. The summed E-state index contributed by atoms with van der Waals surface area (Å²) in [5.41, 5.74) is 4.28. The van der Waals surface area contributed by atoms with Crippen LogP contribution in [0.5, 0.6) is 11.5 Å². The van der Waals surface area contributed by atoms with Crippen LogP contribution in [-0.4, -0.2) is 34.5 Å². The summed E-state index contributed by atoms with van der Waals surface area (Å²) in [5, 5.41) is 7.67. The molecule has 5 aromatic rings. The maximum atomic E-state index is 12.6. The molecule has 5 rings (SSSR count). The zero-order valence-corrected chi connectivity index (χ0v) is 19.6. The molecule has 3 aromatic heterocycles. The molecule has 0 spiro atoms. The molecule has 0 aliphatic carbocycles. The van der Waals surface area contributed by atoms with Crippen LogP contribution in [0, 0.1) is 0 Å². The van der Waals surface area contributed by atoms with Crippen LogP contribution in [-0.2, 0) is 11.2 Å². The zero-order chi connectivity index (χ0) is 22.8. The van der Waals surface area contributed by atoms with Gasteiger partial charge >= 0.3 is 0 Å². The topological polar surface area (TPSA) is 77.8 Å². The number of ether oxygens (including phenoxy) is 2. The molecule has 0 unspecified atom stereocenters. The van der Waals surface area contributed by atoms with Crippen molar-refractivity contribution in [1.29, 1.82) is 0 Å². The van der Waals surface area contributed by atoms with Crippen molar-refractivity contribution >= 4 is 39.2 Å². The molecule has 0 aliphatic rings. The molecule has 7 nitrogen and oxygen atoms in total. The first-order valence-corrected chi connectivity index (χ1v) is 11.9. The van der Waals surface area contributed by atoms with Crippen molar-refractivity contribution in [3.8, 4) is 33.3 Å². The number of imidazole rings is 1. The number of anilines is 1. The summed E-state index contributed by atoms with van der Waals surface area (Å²) < 4.78 is 12.7. The number of methoxy groups -OCH3 is 2. The van der Waals surface area contributed by atoms with Crippen molar-refractivity contribution in [2.45, 2.75) is 6.42 Å². The predicted octanol–water partition coefficient (Wildman–Crippen LogP) is 5.38. The Morgan fingerprint density at radius 2 is 1.79 bits per heavy atom. The van der Waals surface area contributed by atoms with Gasteiger partial charge in [-0.1, -0.05) is 12.1 Å². The highest BCUT2D eigenvalue weighted by molar-refractivity contribution is 7.15. The fourth-order valence-corrected chi connectivity index (χ4v) is 4.97.